The van der Waals surface area contributed by atoms with Gasteiger partial charge in [0.1, 0.15) is 5.82 Å². The van der Waals surface area contributed by atoms with Crippen molar-refractivity contribution < 1.29 is 17.6 Å². The average Bonchev–Trinajstić information content (AvgIpc) is 3.56. The minimum atomic E-state index is -3.35. The summed E-state index contributed by atoms with van der Waals surface area (Å²) in [5.41, 5.74) is 4.60. The lowest BCUT2D eigenvalue weighted by Gasteiger charge is -2.26. The van der Waals surface area contributed by atoms with E-state index in [-0.39, 0.29) is 19.0 Å². The van der Waals surface area contributed by atoms with E-state index in [1.807, 2.05) is 16.8 Å². The van der Waals surface area contributed by atoms with E-state index in [4.69, 9.17) is 16.7 Å². The van der Waals surface area contributed by atoms with Gasteiger partial charge in [-0.25, -0.2) is 12.8 Å². The highest BCUT2D eigenvalue weighted by molar-refractivity contribution is 7.88. The van der Waals surface area contributed by atoms with E-state index >= 15 is 0 Å². The first-order valence-electron chi connectivity index (χ1n) is 13.3. The second-order valence-electron chi connectivity index (χ2n) is 10.2. The molecule has 0 saturated carbocycles. The summed E-state index contributed by atoms with van der Waals surface area (Å²) < 4.78 is 41.5. The van der Waals surface area contributed by atoms with Crippen LogP contribution in [0, 0.1) is 5.82 Å². The van der Waals surface area contributed by atoms with Gasteiger partial charge in [-0.3, -0.25) is 9.48 Å². The lowest BCUT2D eigenvalue weighted by molar-refractivity contribution is 0.0951. The fourth-order valence-corrected chi connectivity index (χ4v) is 6.32. The summed E-state index contributed by atoms with van der Waals surface area (Å²) in [4.78, 5) is 15.0. The minimum absolute atomic E-state index is 0.178. The molecule has 0 spiro atoms. The molecule has 2 aliphatic heterocycles. The molecular formula is C28H33ClFN5O3S. The minimum Gasteiger partial charge on any atom is -0.348 e. The van der Waals surface area contributed by atoms with E-state index in [1.165, 1.54) is 47.7 Å². The van der Waals surface area contributed by atoms with Crippen molar-refractivity contribution in [2.75, 3.05) is 32.4 Å². The lowest BCUT2D eigenvalue weighted by atomic mass is 10.0. The molecule has 5 rings (SSSR count). The average molecular weight is 574 g/mol. The summed E-state index contributed by atoms with van der Waals surface area (Å²) in [6.45, 7) is 4.98. The Morgan fingerprint density at radius 3 is 2.54 bits per heavy atom. The van der Waals surface area contributed by atoms with Crippen LogP contribution in [0.2, 0.25) is 5.02 Å². The summed E-state index contributed by atoms with van der Waals surface area (Å²) >= 11 is 6.48. The van der Waals surface area contributed by atoms with Gasteiger partial charge in [0.2, 0.25) is 10.0 Å². The van der Waals surface area contributed by atoms with Crippen LogP contribution in [-0.4, -0.2) is 65.7 Å². The molecule has 3 aromatic rings. The van der Waals surface area contributed by atoms with Crippen molar-refractivity contribution in [1.82, 2.24) is 24.3 Å². The number of nitrogens with one attached hydrogen (secondary N) is 1. The Balaban J connectivity index is 1.39. The number of aryl methyl sites for hydroxylation is 1. The quantitative estimate of drug-likeness (QED) is 0.417. The number of carbonyl (C=O) groups excluding carboxylic acids is 1. The number of hydrogen-bond donors (Lipinski definition) is 1. The highest BCUT2D eigenvalue weighted by Gasteiger charge is 2.30. The van der Waals surface area contributed by atoms with Gasteiger partial charge >= 0.3 is 0 Å². The summed E-state index contributed by atoms with van der Waals surface area (Å²) in [5.74, 6) is -0.740. The Bertz CT molecular complexity index is 1450. The second-order valence-corrected chi connectivity index (χ2v) is 12.6. The predicted octanol–water partition coefficient (Wildman–Crippen LogP) is 4.08. The molecule has 1 aromatic heterocycles. The number of halogens is 2. The highest BCUT2D eigenvalue weighted by atomic mass is 35.5. The molecule has 8 nitrogen and oxygen atoms in total. The Morgan fingerprint density at radius 1 is 1.08 bits per heavy atom. The molecular weight excluding hydrogens is 541 g/mol. The van der Waals surface area contributed by atoms with Gasteiger partial charge in [0.25, 0.3) is 5.91 Å². The van der Waals surface area contributed by atoms with Crippen LogP contribution in [0.15, 0.2) is 42.5 Å². The third-order valence-corrected chi connectivity index (χ3v) is 9.09. The van der Waals surface area contributed by atoms with Crippen LogP contribution in [-0.2, 0) is 36.1 Å². The van der Waals surface area contributed by atoms with Crippen molar-refractivity contribution in [3.05, 3.63) is 75.7 Å². The largest absolute Gasteiger partial charge is 0.348 e. The number of aromatic nitrogens is 2. The molecule has 208 valence electrons. The fraction of sp³-hybridized carbons (Fsp3) is 0.429. The third kappa shape index (κ3) is 6.51. The van der Waals surface area contributed by atoms with Gasteiger partial charge in [-0.2, -0.15) is 9.40 Å². The Morgan fingerprint density at radius 2 is 1.82 bits per heavy atom. The standard InChI is InChI=1S/C28H33ClFN5O3S/c1-39(37,38)34-16-11-26-24(19-34)27(32-35(26)15-4-14-33-12-2-3-13-33)21-7-10-25(29)22(17-21)18-31-28(36)20-5-8-23(30)9-6-20/h5-10,17H,2-4,11-16,18-19H2,1H3,(H,31,36). The second kappa shape index (κ2) is 11.8. The molecule has 1 N–H and O–H groups in total. The molecule has 0 unspecified atom stereocenters. The molecule has 39 heavy (non-hydrogen) atoms. The van der Waals surface area contributed by atoms with E-state index in [0.29, 0.717) is 29.1 Å². The normalized spacial score (nSPS) is 16.4. The molecule has 1 fully saturated rings. The summed E-state index contributed by atoms with van der Waals surface area (Å²) in [6, 6.07) is 10.9. The van der Waals surface area contributed by atoms with E-state index < -0.39 is 15.8 Å². The Kier molecular flexibility index (Phi) is 8.37. The topological polar surface area (TPSA) is 87.5 Å². The van der Waals surface area contributed by atoms with E-state index in [2.05, 4.69) is 10.2 Å². The first-order chi connectivity index (χ1) is 18.7. The first kappa shape index (κ1) is 27.8. The van der Waals surface area contributed by atoms with Crippen LogP contribution in [0.25, 0.3) is 11.3 Å². The van der Waals surface area contributed by atoms with Crippen LogP contribution in [0.5, 0.6) is 0 Å². The Hall–Kier alpha value is -2.79. The predicted molar refractivity (Wildman–Crippen MR) is 149 cm³/mol. The molecule has 3 heterocycles. The maximum atomic E-state index is 13.2. The maximum Gasteiger partial charge on any atom is 0.251 e. The number of sulfonamides is 1. The van der Waals surface area contributed by atoms with Crippen molar-refractivity contribution >= 4 is 27.5 Å². The van der Waals surface area contributed by atoms with Gasteiger partial charge in [-0.1, -0.05) is 17.7 Å². The van der Waals surface area contributed by atoms with E-state index in [1.54, 1.807) is 6.07 Å². The molecule has 1 amide bonds. The van der Waals surface area contributed by atoms with Gasteiger partial charge in [-0.15, -0.1) is 0 Å². The molecule has 2 aromatic carbocycles. The summed E-state index contributed by atoms with van der Waals surface area (Å²) in [6.07, 6.45) is 5.33. The summed E-state index contributed by atoms with van der Waals surface area (Å²) in [7, 11) is -3.35. The zero-order valence-corrected chi connectivity index (χ0v) is 23.6. The van der Waals surface area contributed by atoms with Gasteiger partial charge in [0.15, 0.2) is 0 Å². The number of fused-ring (bicyclic) bond motifs is 1. The number of amides is 1. The Labute approximate surface area is 233 Å². The SMILES string of the molecule is CS(=O)(=O)N1CCc2c(c(-c3ccc(Cl)c(CNC(=O)c4ccc(F)cc4)c3)nn2CCCN2CCCC2)C1. The van der Waals surface area contributed by atoms with Crippen molar-refractivity contribution in [2.45, 2.75) is 45.3 Å². The molecule has 0 radical (unpaired) electrons. The van der Waals surface area contributed by atoms with Crippen LogP contribution < -0.4 is 5.32 Å². The van der Waals surface area contributed by atoms with Crippen molar-refractivity contribution in [3.8, 4) is 11.3 Å². The molecule has 1 saturated heterocycles. The number of nitrogens with zero attached hydrogens (tertiary/aromatic N) is 4. The third-order valence-electron chi connectivity index (χ3n) is 7.48. The molecule has 0 aliphatic carbocycles. The number of benzene rings is 2. The molecule has 2 aliphatic rings. The van der Waals surface area contributed by atoms with Gasteiger partial charge in [0, 0.05) is 60.0 Å². The van der Waals surface area contributed by atoms with Gasteiger partial charge in [0.05, 0.1) is 11.9 Å². The van der Waals surface area contributed by atoms with E-state index in [9.17, 15) is 17.6 Å². The van der Waals surface area contributed by atoms with Crippen molar-refractivity contribution in [2.24, 2.45) is 0 Å². The van der Waals surface area contributed by atoms with E-state index in [0.717, 1.165) is 55.1 Å². The summed E-state index contributed by atoms with van der Waals surface area (Å²) in [5, 5.41) is 8.31. The van der Waals surface area contributed by atoms with Crippen molar-refractivity contribution in [1.29, 1.82) is 0 Å². The van der Waals surface area contributed by atoms with Crippen LogP contribution in [0.3, 0.4) is 0 Å². The monoisotopic (exact) mass is 573 g/mol. The molecule has 0 bridgehead atoms. The number of hydrogen-bond acceptors (Lipinski definition) is 5. The zero-order chi connectivity index (χ0) is 27.6. The number of carbonyl (C=O) groups is 1. The number of likely N-dealkylation sites (tertiary alicyclic amines) is 1. The van der Waals surface area contributed by atoms with Crippen LogP contribution in [0.1, 0.15) is 46.4 Å². The lowest BCUT2D eigenvalue weighted by Crippen LogP contribution is -2.35. The maximum absolute atomic E-state index is 13.2. The van der Waals surface area contributed by atoms with Crippen LogP contribution >= 0.6 is 11.6 Å². The molecule has 11 heteroatoms. The van der Waals surface area contributed by atoms with Crippen LogP contribution in [0.4, 0.5) is 4.39 Å². The smallest absolute Gasteiger partial charge is 0.251 e. The molecule has 0 atom stereocenters. The zero-order valence-electron chi connectivity index (χ0n) is 22.0. The van der Waals surface area contributed by atoms with Gasteiger partial charge < -0.3 is 10.2 Å². The van der Waals surface area contributed by atoms with Gasteiger partial charge in [-0.05, 0) is 80.9 Å². The number of rotatable bonds is 9. The first-order valence-corrected chi connectivity index (χ1v) is 15.5. The fourth-order valence-electron chi connectivity index (χ4n) is 5.35. The van der Waals surface area contributed by atoms with Crippen molar-refractivity contribution in [3.63, 3.8) is 0 Å². The highest BCUT2D eigenvalue weighted by Crippen LogP contribution is 2.33.